The molecule has 0 bridgehead atoms. The fourth-order valence-corrected chi connectivity index (χ4v) is 2.51. The molecule has 2 aromatic rings. The molecule has 0 aliphatic rings. The Morgan fingerprint density at radius 2 is 1.95 bits per heavy atom. The largest absolute Gasteiger partial charge is 0.394 e. The highest BCUT2D eigenvalue weighted by Gasteiger charge is 2.25. The van der Waals surface area contributed by atoms with Crippen molar-refractivity contribution in [2.24, 2.45) is 5.41 Å². The van der Waals surface area contributed by atoms with Gasteiger partial charge in [-0.05, 0) is 11.0 Å². The Kier molecular flexibility index (Phi) is 5.15. The number of nitrogens with zero attached hydrogens (tertiary/aromatic N) is 2. The Morgan fingerprint density at radius 3 is 2.57 bits per heavy atom. The first-order valence-electron chi connectivity index (χ1n) is 7.41. The lowest BCUT2D eigenvalue weighted by molar-refractivity contribution is 0.268. The molecule has 0 radical (unpaired) electrons. The molecular weight excluding hydrogens is 262 g/mol. The van der Waals surface area contributed by atoms with E-state index in [0.29, 0.717) is 6.54 Å². The third kappa shape index (κ3) is 4.41. The SMILES string of the molecule is CC(C)(C)C(NCc1cnn(CCO)c1)c1ccccc1. The lowest BCUT2D eigenvalue weighted by atomic mass is 9.82. The van der Waals surface area contributed by atoms with E-state index in [1.807, 2.05) is 18.5 Å². The van der Waals surface area contributed by atoms with E-state index >= 15 is 0 Å². The maximum atomic E-state index is 8.93. The Bertz CT molecular complexity index is 543. The Balaban J connectivity index is 2.06. The molecule has 0 fully saturated rings. The fourth-order valence-electron chi connectivity index (χ4n) is 2.51. The van der Waals surface area contributed by atoms with Gasteiger partial charge >= 0.3 is 0 Å². The van der Waals surface area contributed by atoms with Crippen molar-refractivity contribution in [2.45, 2.75) is 39.9 Å². The maximum absolute atomic E-state index is 8.93. The van der Waals surface area contributed by atoms with Crippen LogP contribution in [0, 0.1) is 5.41 Å². The van der Waals surface area contributed by atoms with E-state index in [2.05, 4.69) is 55.5 Å². The summed E-state index contributed by atoms with van der Waals surface area (Å²) in [5.41, 5.74) is 2.56. The van der Waals surface area contributed by atoms with Crippen LogP contribution in [0.4, 0.5) is 0 Å². The summed E-state index contributed by atoms with van der Waals surface area (Å²) in [5, 5.41) is 16.8. The number of nitrogens with one attached hydrogen (secondary N) is 1. The number of aliphatic hydroxyl groups is 1. The van der Waals surface area contributed by atoms with Crippen molar-refractivity contribution in [3.63, 3.8) is 0 Å². The highest BCUT2D eigenvalue weighted by molar-refractivity contribution is 5.21. The van der Waals surface area contributed by atoms with Crippen LogP contribution in [0.3, 0.4) is 0 Å². The summed E-state index contributed by atoms with van der Waals surface area (Å²) in [7, 11) is 0. The van der Waals surface area contributed by atoms with Crippen molar-refractivity contribution in [1.29, 1.82) is 0 Å². The molecule has 21 heavy (non-hydrogen) atoms. The third-order valence-electron chi connectivity index (χ3n) is 3.53. The van der Waals surface area contributed by atoms with Gasteiger partial charge in [-0.15, -0.1) is 0 Å². The molecule has 1 unspecified atom stereocenters. The van der Waals surface area contributed by atoms with Crippen molar-refractivity contribution in [1.82, 2.24) is 15.1 Å². The topological polar surface area (TPSA) is 50.1 Å². The summed E-state index contributed by atoms with van der Waals surface area (Å²) in [5.74, 6) is 0. The molecule has 0 spiro atoms. The molecule has 4 heteroatoms. The molecule has 0 saturated heterocycles. The fraction of sp³-hybridized carbons (Fsp3) is 0.471. The van der Waals surface area contributed by atoms with Crippen molar-refractivity contribution in [3.05, 3.63) is 53.9 Å². The van der Waals surface area contributed by atoms with Crippen LogP contribution in [0.2, 0.25) is 0 Å². The second-order valence-electron chi connectivity index (χ2n) is 6.43. The lowest BCUT2D eigenvalue weighted by Gasteiger charge is -2.32. The van der Waals surface area contributed by atoms with Gasteiger partial charge in [-0.2, -0.15) is 5.10 Å². The minimum atomic E-state index is 0.114. The van der Waals surface area contributed by atoms with Gasteiger partial charge in [0.25, 0.3) is 0 Å². The molecule has 2 N–H and O–H groups in total. The normalized spacial score (nSPS) is 13.3. The van der Waals surface area contributed by atoms with Crippen molar-refractivity contribution < 1.29 is 5.11 Å². The Morgan fingerprint density at radius 1 is 1.24 bits per heavy atom. The van der Waals surface area contributed by atoms with Crippen LogP contribution in [0.5, 0.6) is 0 Å². The van der Waals surface area contributed by atoms with Crippen molar-refractivity contribution >= 4 is 0 Å². The lowest BCUT2D eigenvalue weighted by Crippen LogP contribution is -2.31. The van der Waals surface area contributed by atoms with Gasteiger partial charge < -0.3 is 10.4 Å². The monoisotopic (exact) mass is 287 g/mol. The molecule has 0 aliphatic heterocycles. The van der Waals surface area contributed by atoms with E-state index in [4.69, 9.17) is 5.11 Å². The Hall–Kier alpha value is -1.65. The van der Waals surface area contributed by atoms with Gasteiger partial charge in [-0.1, -0.05) is 51.1 Å². The van der Waals surface area contributed by atoms with Crippen molar-refractivity contribution in [2.75, 3.05) is 6.61 Å². The number of aliphatic hydroxyl groups excluding tert-OH is 1. The molecule has 0 aliphatic carbocycles. The van der Waals surface area contributed by atoms with E-state index in [-0.39, 0.29) is 18.1 Å². The van der Waals surface area contributed by atoms with Gasteiger partial charge in [0.05, 0.1) is 19.3 Å². The van der Waals surface area contributed by atoms with Crippen LogP contribution in [0.1, 0.15) is 37.9 Å². The Labute approximate surface area is 126 Å². The van der Waals surface area contributed by atoms with Gasteiger partial charge in [-0.3, -0.25) is 4.68 Å². The zero-order valence-corrected chi connectivity index (χ0v) is 13.1. The smallest absolute Gasteiger partial charge is 0.0640 e. The predicted octanol–water partition coefficient (Wildman–Crippen LogP) is 2.75. The highest BCUT2D eigenvalue weighted by Crippen LogP contribution is 2.32. The van der Waals surface area contributed by atoms with Gasteiger partial charge in [0, 0.05) is 24.3 Å². The molecule has 0 amide bonds. The summed E-state index contributed by atoms with van der Waals surface area (Å²) in [6, 6.07) is 10.8. The first kappa shape index (κ1) is 15.7. The van der Waals surface area contributed by atoms with Crippen LogP contribution in [-0.2, 0) is 13.1 Å². The van der Waals surface area contributed by atoms with Crippen molar-refractivity contribution in [3.8, 4) is 0 Å². The summed E-state index contributed by atoms with van der Waals surface area (Å²) >= 11 is 0. The standard InChI is InChI=1S/C17H25N3O/c1-17(2,3)16(15-7-5-4-6-8-15)18-11-14-12-19-20(13-14)9-10-21/h4-8,12-13,16,18,21H,9-11H2,1-3H3. The first-order chi connectivity index (χ1) is 10.0. The summed E-state index contributed by atoms with van der Waals surface area (Å²) in [6.45, 7) is 8.15. The zero-order chi connectivity index (χ0) is 15.3. The third-order valence-corrected chi connectivity index (χ3v) is 3.53. The van der Waals surface area contributed by atoms with Gasteiger partial charge in [-0.25, -0.2) is 0 Å². The molecule has 114 valence electrons. The average molecular weight is 287 g/mol. The molecule has 1 aromatic heterocycles. The van der Waals surface area contributed by atoms with Gasteiger partial charge in [0.2, 0.25) is 0 Å². The average Bonchev–Trinajstić information content (AvgIpc) is 2.87. The molecule has 1 atom stereocenters. The zero-order valence-electron chi connectivity index (χ0n) is 13.1. The van der Waals surface area contributed by atoms with E-state index in [0.717, 1.165) is 12.1 Å². The number of hydrogen-bond acceptors (Lipinski definition) is 3. The number of benzene rings is 1. The summed E-state index contributed by atoms with van der Waals surface area (Å²) in [6.07, 6.45) is 3.83. The maximum Gasteiger partial charge on any atom is 0.0640 e. The van der Waals surface area contributed by atoms with Crippen LogP contribution in [-0.4, -0.2) is 21.5 Å². The molecule has 0 saturated carbocycles. The second-order valence-corrected chi connectivity index (χ2v) is 6.43. The first-order valence-corrected chi connectivity index (χ1v) is 7.41. The van der Waals surface area contributed by atoms with E-state index in [9.17, 15) is 0 Å². The molecule has 1 heterocycles. The highest BCUT2D eigenvalue weighted by atomic mass is 16.3. The van der Waals surface area contributed by atoms with E-state index in [1.54, 1.807) is 4.68 Å². The summed E-state index contributed by atoms with van der Waals surface area (Å²) in [4.78, 5) is 0. The van der Waals surface area contributed by atoms with Crippen LogP contribution in [0.15, 0.2) is 42.7 Å². The van der Waals surface area contributed by atoms with Crippen LogP contribution < -0.4 is 5.32 Å². The second kappa shape index (κ2) is 6.87. The van der Waals surface area contributed by atoms with Crippen LogP contribution in [0.25, 0.3) is 0 Å². The molecule has 4 nitrogen and oxygen atoms in total. The number of hydrogen-bond donors (Lipinski definition) is 2. The number of aromatic nitrogens is 2. The quantitative estimate of drug-likeness (QED) is 0.859. The molecular formula is C17H25N3O. The van der Waals surface area contributed by atoms with Gasteiger partial charge in [0.1, 0.15) is 0 Å². The minimum absolute atomic E-state index is 0.114. The summed E-state index contributed by atoms with van der Waals surface area (Å²) < 4.78 is 1.77. The minimum Gasteiger partial charge on any atom is -0.394 e. The van der Waals surface area contributed by atoms with Gasteiger partial charge in [0.15, 0.2) is 0 Å². The molecule has 2 rings (SSSR count). The predicted molar refractivity (Wildman–Crippen MR) is 84.8 cm³/mol. The van der Waals surface area contributed by atoms with Crippen LogP contribution >= 0.6 is 0 Å². The molecule has 1 aromatic carbocycles. The number of rotatable bonds is 6. The van der Waals surface area contributed by atoms with E-state index < -0.39 is 0 Å². The van der Waals surface area contributed by atoms with E-state index in [1.165, 1.54) is 5.56 Å².